The molecule has 0 heterocycles. The van der Waals surface area contributed by atoms with E-state index in [1.807, 2.05) is 32.0 Å². The van der Waals surface area contributed by atoms with Gasteiger partial charge in [-0.2, -0.15) is 0 Å². The summed E-state index contributed by atoms with van der Waals surface area (Å²) in [4.78, 5) is 1.75. The fourth-order valence-electron chi connectivity index (χ4n) is 1.64. The lowest BCUT2D eigenvalue weighted by Gasteiger charge is -2.25. The van der Waals surface area contributed by atoms with Gasteiger partial charge in [-0.25, -0.2) is 0 Å². The van der Waals surface area contributed by atoms with Gasteiger partial charge in [0, 0.05) is 18.8 Å². The van der Waals surface area contributed by atoms with Gasteiger partial charge < -0.3 is 20.4 Å². The minimum absolute atomic E-state index is 0.00855. The summed E-state index contributed by atoms with van der Waals surface area (Å²) < 4.78 is 0. The monoisotopic (exact) mass is 268 g/mol. The number of nitrogens with zero attached hydrogens (tertiary/aromatic N) is 1. The van der Waals surface area contributed by atoms with Gasteiger partial charge in [0.2, 0.25) is 0 Å². The molecule has 0 bridgehead atoms. The molecule has 5 heteroatoms. The van der Waals surface area contributed by atoms with E-state index in [2.05, 4.69) is 5.32 Å². The van der Waals surface area contributed by atoms with Gasteiger partial charge in [-0.1, -0.05) is 12.1 Å². The number of benzene rings is 1. The Balaban J connectivity index is 2.75. The van der Waals surface area contributed by atoms with Crippen LogP contribution >= 0.6 is 12.2 Å². The van der Waals surface area contributed by atoms with Crippen molar-refractivity contribution >= 4 is 23.0 Å². The van der Waals surface area contributed by atoms with Gasteiger partial charge in [-0.05, 0) is 43.3 Å². The lowest BCUT2D eigenvalue weighted by molar-refractivity contribution is 0.214. The van der Waals surface area contributed by atoms with Crippen molar-refractivity contribution in [2.24, 2.45) is 0 Å². The Morgan fingerprint density at radius 2 is 1.83 bits per heavy atom. The van der Waals surface area contributed by atoms with Gasteiger partial charge in [0.15, 0.2) is 5.11 Å². The maximum absolute atomic E-state index is 8.97. The van der Waals surface area contributed by atoms with E-state index in [-0.39, 0.29) is 13.2 Å². The third-order valence-electron chi connectivity index (χ3n) is 2.87. The molecule has 4 nitrogen and oxygen atoms in total. The zero-order chi connectivity index (χ0) is 13.5. The third kappa shape index (κ3) is 3.94. The Kier molecular flexibility index (Phi) is 6.04. The largest absolute Gasteiger partial charge is 0.395 e. The molecule has 0 amide bonds. The van der Waals surface area contributed by atoms with Crippen molar-refractivity contribution < 1.29 is 10.2 Å². The first-order valence-electron chi connectivity index (χ1n) is 5.94. The first-order valence-corrected chi connectivity index (χ1v) is 6.34. The summed E-state index contributed by atoms with van der Waals surface area (Å²) in [7, 11) is 0. The molecule has 0 atom stereocenters. The molecule has 0 aliphatic rings. The van der Waals surface area contributed by atoms with E-state index >= 15 is 0 Å². The van der Waals surface area contributed by atoms with Gasteiger partial charge >= 0.3 is 0 Å². The van der Waals surface area contributed by atoms with Crippen LogP contribution < -0.4 is 5.32 Å². The van der Waals surface area contributed by atoms with Crippen molar-refractivity contribution in [3.63, 3.8) is 0 Å². The third-order valence-corrected chi connectivity index (χ3v) is 3.23. The summed E-state index contributed by atoms with van der Waals surface area (Å²) in [5.74, 6) is 0. The number of thiocarbonyl (C=S) groups is 1. The van der Waals surface area contributed by atoms with Crippen LogP contribution in [0.2, 0.25) is 0 Å². The Labute approximate surface area is 113 Å². The molecule has 18 heavy (non-hydrogen) atoms. The predicted molar refractivity (Wildman–Crippen MR) is 77.9 cm³/mol. The number of anilines is 1. The highest BCUT2D eigenvalue weighted by atomic mass is 32.1. The molecule has 0 spiro atoms. The van der Waals surface area contributed by atoms with Crippen LogP contribution in [-0.2, 0) is 0 Å². The van der Waals surface area contributed by atoms with E-state index in [0.29, 0.717) is 18.2 Å². The van der Waals surface area contributed by atoms with Gasteiger partial charge in [-0.3, -0.25) is 0 Å². The van der Waals surface area contributed by atoms with Crippen molar-refractivity contribution in [3.8, 4) is 0 Å². The average Bonchev–Trinajstić information content (AvgIpc) is 2.34. The fourth-order valence-corrected chi connectivity index (χ4v) is 1.93. The molecule has 0 aromatic heterocycles. The van der Waals surface area contributed by atoms with Crippen molar-refractivity contribution in [3.05, 3.63) is 29.3 Å². The second-order valence-electron chi connectivity index (χ2n) is 4.11. The Bertz CT molecular complexity index is 404. The van der Waals surface area contributed by atoms with Crippen LogP contribution in [-0.4, -0.2) is 46.5 Å². The summed E-state index contributed by atoms with van der Waals surface area (Å²) in [6, 6.07) is 5.98. The standard InChI is InChI=1S/C13H20N2O2S/c1-10-4-3-5-12(11(10)2)14-13(18)15(6-8-16)7-9-17/h3-5,16-17H,6-9H2,1-2H3,(H,14,18). The highest BCUT2D eigenvalue weighted by Crippen LogP contribution is 2.18. The normalized spacial score (nSPS) is 10.2. The Morgan fingerprint density at radius 3 is 2.39 bits per heavy atom. The van der Waals surface area contributed by atoms with Crippen molar-refractivity contribution in [2.75, 3.05) is 31.6 Å². The molecule has 0 aliphatic heterocycles. The molecule has 0 unspecified atom stereocenters. The van der Waals surface area contributed by atoms with Gasteiger partial charge in [0.1, 0.15) is 0 Å². The van der Waals surface area contributed by atoms with Gasteiger partial charge in [0.25, 0.3) is 0 Å². The molecule has 0 saturated heterocycles. The maximum Gasteiger partial charge on any atom is 0.173 e. The number of aryl methyl sites for hydroxylation is 1. The molecule has 100 valence electrons. The lowest BCUT2D eigenvalue weighted by Crippen LogP contribution is -2.38. The van der Waals surface area contributed by atoms with E-state index in [1.165, 1.54) is 5.56 Å². The Hall–Kier alpha value is -1.17. The maximum atomic E-state index is 8.97. The molecule has 0 aliphatic carbocycles. The summed E-state index contributed by atoms with van der Waals surface area (Å²) in [5, 5.41) is 21.6. The average molecular weight is 268 g/mol. The molecule has 0 saturated carbocycles. The van der Waals surface area contributed by atoms with E-state index in [4.69, 9.17) is 22.4 Å². The summed E-state index contributed by atoms with van der Waals surface area (Å²) >= 11 is 5.28. The minimum Gasteiger partial charge on any atom is -0.395 e. The van der Waals surface area contributed by atoms with Crippen LogP contribution in [0, 0.1) is 13.8 Å². The SMILES string of the molecule is Cc1cccc(NC(=S)N(CCO)CCO)c1C. The minimum atomic E-state index is 0.00855. The molecule has 1 aromatic rings. The Morgan fingerprint density at radius 1 is 1.22 bits per heavy atom. The van der Waals surface area contributed by atoms with Crippen LogP contribution in [0.4, 0.5) is 5.69 Å². The molecule has 0 fully saturated rings. The van der Waals surface area contributed by atoms with Gasteiger partial charge in [-0.15, -0.1) is 0 Å². The molecule has 3 N–H and O–H groups in total. The van der Waals surface area contributed by atoms with Crippen LogP contribution in [0.3, 0.4) is 0 Å². The smallest absolute Gasteiger partial charge is 0.173 e. The number of nitrogens with one attached hydrogen (secondary N) is 1. The highest BCUT2D eigenvalue weighted by Gasteiger charge is 2.10. The van der Waals surface area contributed by atoms with E-state index < -0.39 is 0 Å². The van der Waals surface area contributed by atoms with Gasteiger partial charge in [0.05, 0.1) is 13.2 Å². The molecule has 1 aromatic carbocycles. The van der Waals surface area contributed by atoms with E-state index in [0.717, 1.165) is 11.3 Å². The first kappa shape index (κ1) is 14.9. The second kappa shape index (κ2) is 7.31. The number of rotatable bonds is 5. The summed E-state index contributed by atoms with van der Waals surface area (Å²) in [6.07, 6.45) is 0. The van der Waals surface area contributed by atoms with Crippen LogP contribution in [0.25, 0.3) is 0 Å². The molecule has 1 rings (SSSR count). The predicted octanol–water partition coefficient (Wildman–Crippen LogP) is 1.29. The quantitative estimate of drug-likeness (QED) is 0.703. The highest BCUT2D eigenvalue weighted by molar-refractivity contribution is 7.80. The van der Waals surface area contributed by atoms with E-state index in [1.54, 1.807) is 4.90 Å². The van der Waals surface area contributed by atoms with E-state index in [9.17, 15) is 0 Å². The fraction of sp³-hybridized carbons (Fsp3) is 0.462. The lowest BCUT2D eigenvalue weighted by atomic mass is 10.1. The summed E-state index contributed by atoms with van der Waals surface area (Å²) in [6.45, 7) is 4.92. The number of aliphatic hydroxyl groups is 2. The van der Waals surface area contributed by atoms with Crippen LogP contribution in [0.15, 0.2) is 18.2 Å². The molecular formula is C13H20N2O2S. The topological polar surface area (TPSA) is 55.7 Å². The first-order chi connectivity index (χ1) is 8.60. The van der Waals surface area contributed by atoms with Crippen LogP contribution in [0.5, 0.6) is 0 Å². The zero-order valence-corrected chi connectivity index (χ0v) is 11.6. The van der Waals surface area contributed by atoms with Crippen LogP contribution in [0.1, 0.15) is 11.1 Å². The second-order valence-corrected chi connectivity index (χ2v) is 4.50. The van der Waals surface area contributed by atoms with Crippen molar-refractivity contribution in [1.29, 1.82) is 0 Å². The number of aliphatic hydroxyl groups excluding tert-OH is 2. The number of hydrogen-bond acceptors (Lipinski definition) is 3. The van der Waals surface area contributed by atoms with Crippen molar-refractivity contribution in [1.82, 2.24) is 4.90 Å². The van der Waals surface area contributed by atoms with Crippen molar-refractivity contribution in [2.45, 2.75) is 13.8 Å². The zero-order valence-electron chi connectivity index (χ0n) is 10.8. The summed E-state index contributed by atoms with van der Waals surface area (Å²) in [5.41, 5.74) is 3.30. The number of hydrogen-bond donors (Lipinski definition) is 3. The molecule has 0 radical (unpaired) electrons. The molecular weight excluding hydrogens is 248 g/mol.